The summed E-state index contributed by atoms with van der Waals surface area (Å²) in [4.78, 5) is 22.4. The Morgan fingerprint density at radius 2 is 2.33 bits per heavy atom. The number of rotatable bonds is 5. The van der Waals surface area contributed by atoms with Crippen molar-refractivity contribution < 1.29 is 19.4 Å². The molecule has 0 bridgehead atoms. The van der Waals surface area contributed by atoms with Crippen molar-refractivity contribution in [3.8, 4) is 0 Å². The van der Waals surface area contributed by atoms with E-state index >= 15 is 0 Å². The van der Waals surface area contributed by atoms with E-state index in [1.54, 1.807) is 24.4 Å². The monoisotopic (exact) mass is 228 g/mol. The average molecular weight is 228 g/mol. The highest BCUT2D eigenvalue weighted by molar-refractivity contribution is 7.11. The fraction of sp³-hybridized carbons (Fsp3) is 0.400. The second kappa shape index (κ2) is 5.50. The number of carbonyl (C=O) groups is 2. The number of esters is 1. The summed E-state index contributed by atoms with van der Waals surface area (Å²) in [5.41, 5.74) is 0. The van der Waals surface area contributed by atoms with Gasteiger partial charge in [0.1, 0.15) is 11.0 Å². The Balaban J connectivity index is 2.52. The van der Waals surface area contributed by atoms with E-state index in [2.05, 4.69) is 0 Å². The standard InChI is InChI=1S/C10H12O4S/c1-2-7(6-9(11)12)14-10(13)8-4-3-5-15-8/h3-5,7H,2,6H2,1H3,(H,11,12). The first-order valence-corrected chi connectivity index (χ1v) is 5.47. The van der Waals surface area contributed by atoms with E-state index in [4.69, 9.17) is 9.84 Å². The lowest BCUT2D eigenvalue weighted by Gasteiger charge is -2.12. The Bertz CT molecular complexity index is 331. The fourth-order valence-electron chi connectivity index (χ4n) is 1.07. The van der Waals surface area contributed by atoms with Gasteiger partial charge in [-0.2, -0.15) is 0 Å². The first kappa shape index (κ1) is 11.7. The van der Waals surface area contributed by atoms with Crippen LogP contribution in [-0.4, -0.2) is 23.1 Å². The predicted octanol–water partition coefficient (Wildman–Crippen LogP) is 2.16. The van der Waals surface area contributed by atoms with Gasteiger partial charge in [0.15, 0.2) is 0 Å². The summed E-state index contributed by atoms with van der Waals surface area (Å²) in [6, 6.07) is 3.40. The first-order valence-electron chi connectivity index (χ1n) is 4.59. The van der Waals surface area contributed by atoms with Gasteiger partial charge in [-0.25, -0.2) is 4.79 Å². The lowest BCUT2D eigenvalue weighted by atomic mass is 10.2. The van der Waals surface area contributed by atoms with Crippen molar-refractivity contribution in [2.24, 2.45) is 0 Å². The van der Waals surface area contributed by atoms with Crippen LogP contribution >= 0.6 is 11.3 Å². The van der Waals surface area contributed by atoms with Crippen LogP contribution in [-0.2, 0) is 9.53 Å². The molecular formula is C10H12O4S. The van der Waals surface area contributed by atoms with Gasteiger partial charge in [0.2, 0.25) is 0 Å². The molecule has 1 N–H and O–H groups in total. The molecule has 4 nitrogen and oxygen atoms in total. The highest BCUT2D eigenvalue weighted by Crippen LogP contribution is 2.13. The number of thiophene rings is 1. The molecule has 0 spiro atoms. The maximum absolute atomic E-state index is 11.5. The van der Waals surface area contributed by atoms with Gasteiger partial charge in [-0.05, 0) is 17.9 Å². The predicted molar refractivity (Wildman–Crippen MR) is 56.1 cm³/mol. The second-order valence-corrected chi connectivity index (χ2v) is 3.96. The lowest BCUT2D eigenvalue weighted by molar-refractivity contribution is -0.139. The van der Waals surface area contributed by atoms with Crippen molar-refractivity contribution in [3.05, 3.63) is 22.4 Å². The summed E-state index contributed by atoms with van der Waals surface area (Å²) in [5.74, 6) is -1.40. The highest BCUT2D eigenvalue weighted by Gasteiger charge is 2.17. The van der Waals surface area contributed by atoms with Gasteiger partial charge in [-0.1, -0.05) is 13.0 Å². The van der Waals surface area contributed by atoms with Crippen molar-refractivity contribution >= 4 is 23.3 Å². The zero-order valence-corrected chi connectivity index (χ0v) is 9.12. The van der Waals surface area contributed by atoms with Crippen molar-refractivity contribution in [3.63, 3.8) is 0 Å². The number of hydrogen-bond donors (Lipinski definition) is 1. The normalized spacial score (nSPS) is 12.1. The Hall–Kier alpha value is -1.36. The van der Waals surface area contributed by atoms with Gasteiger partial charge in [0.05, 0.1) is 6.42 Å². The Labute approximate surface area is 91.5 Å². The zero-order chi connectivity index (χ0) is 11.3. The molecule has 0 aliphatic rings. The minimum atomic E-state index is -0.958. The third kappa shape index (κ3) is 3.71. The van der Waals surface area contributed by atoms with Crippen molar-refractivity contribution in [2.45, 2.75) is 25.9 Å². The summed E-state index contributed by atoms with van der Waals surface area (Å²) in [5, 5.41) is 10.3. The van der Waals surface area contributed by atoms with E-state index in [-0.39, 0.29) is 6.42 Å². The molecule has 82 valence electrons. The summed E-state index contributed by atoms with van der Waals surface area (Å²) in [6.45, 7) is 1.79. The molecule has 0 radical (unpaired) electrons. The summed E-state index contributed by atoms with van der Waals surface area (Å²) < 4.78 is 5.05. The van der Waals surface area contributed by atoms with Crippen LogP contribution in [0.2, 0.25) is 0 Å². The van der Waals surface area contributed by atoms with Crippen LogP contribution in [0.3, 0.4) is 0 Å². The van der Waals surface area contributed by atoms with Crippen molar-refractivity contribution in [1.29, 1.82) is 0 Å². The SMILES string of the molecule is CCC(CC(=O)O)OC(=O)c1cccs1. The minimum absolute atomic E-state index is 0.145. The van der Waals surface area contributed by atoms with Crippen LogP contribution in [0.25, 0.3) is 0 Å². The third-order valence-electron chi connectivity index (χ3n) is 1.85. The molecule has 1 rings (SSSR count). The first-order chi connectivity index (χ1) is 7.13. The van der Waals surface area contributed by atoms with Gasteiger partial charge in [-0.3, -0.25) is 4.79 Å². The molecule has 0 aliphatic heterocycles. The molecule has 5 heteroatoms. The van der Waals surface area contributed by atoms with Gasteiger partial charge in [0, 0.05) is 0 Å². The van der Waals surface area contributed by atoms with E-state index in [0.717, 1.165) is 0 Å². The smallest absolute Gasteiger partial charge is 0.348 e. The molecule has 1 atom stereocenters. The topological polar surface area (TPSA) is 63.6 Å². The van der Waals surface area contributed by atoms with E-state index in [1.807, 2.05) is 0 Å². The number of ether oxygens (including phenoxy) is 1. The second-order valence-electron chi connectivity index (χ2n) is 3.01. The number of carbonyl (C=O) groups excluding carboxylic acids is 1. The van der Waals surface area contributed by atoms with Crippen LogP contribution in [0.5, 0.6) is 0 Å². The number of hydrogen-bond acceptors (Lipinski definition) is 4. The summed E-state index contributed by atoms with van der Waals surface area (Å²) in [7, 11) is 0. The maximum atomic E-state index is 11.5. The number of carboxylic acid groups (broad SMARTS) is 1. The molecule has 0 saturated heterocycles. The molecule has 0 aliphatic carbocycles. The molecule has 1 aromatic rings. The number of aliphatic carboxylic acids is 1. The Kier molecular flexibility index (Phi) is 4.30. The van der Waals surface area contributed by atoms with Crippen molar-refractivity contribution in [1.82, 2.24) is 0 Å². The zero-order valence-electron chi connectivity index (χ0n) is 8.30. The minimum Gasteiger partial charge on any atom is -0.481 e. The van der Waals surface area contributed by atoms with Crippen LogP contribution in [0.1, 0.15) is 29.4 Å². The van der Waals surface area contributed by atoms with E-state index in [9.17, 15) is 9.59 Å². The van der Waals surface area contributed by atoms with E-state index < -0.39 is 18.0 Å². The molecule has 15 heavy (non-hydrogen) atoms. The van der Waals surface area contributed by atoms with Crippen LogP contribution in [0.4, 0.5) is 0 Å². The molecule has 0 amide bonds. The average Bonchev–Trinajstić information content (AvgIpc) is 2.68. The number of carboxylic acids is 1. The maximum Gasteiger partial charge on any atom is 0.348 e. The molecule has 1 unspecified atom stereocenters. The molecular weight excluding hydrogens is 216 g/mol. The largest absolute Gasteiger partial charge is 0.481 e. The van der Waals surface area contributed by atoms with Gasteiger partial charge < -0.3 is 9.84 Å². The summed E-state index contributed by atoms with van der Waals surface area (Å²) in [6.07, 6.45) is -0.186. The molecule has 1 heterocycles. The fourth-order valence-corrected chi connectivity index (χ4v) is 1.67. The van der Waals surface area contributed by atoms with Gasteiger partial charge in [0.25, 0.3) is 0 Å². The Morgan fingerprint density at radius 1 is 1.60 bits per heavy atom. The van der Waals surface area contributed by atoms with Gasteiger partial charge >= 0.3 is 11.9 Å². The molecule has 0 fully saturated rings. The highest BCUT2D eigenvalue weighted by atomic mass is 32.1. The van der Waals surface area contributed by atoms with Crippen LogP contribution in [0.15, 0.2) is 17.5 Å². The summed E-state index contributed by atoms with van der Waals surface area (Å²) >= 11 is 1.28. The van der Waals surface area contributed by atoms with E-state index in [0.29, 0.717) is 11.3 Å². The molecule has 0 saturated carbocycles. The molecule has 0 aromatic carbocycles. The lowest BCUT2D eigenvalue weighted by Crippen LogP contribution is -2.20. The quantitative estimate of drug-likeness (QED) is 0.784. The third-order valence-corrected chi connectivity index (χ3v) is 2.70. The van der Waals surface area contributed by atoms with Crippen LogP contribution in [0, 0.1) is 0 Å². The van der Waals surface area contributed by atoms with Gasteiger partial charge in [-0.15, -0.1) is 11.3 Å². The van der Waals surface area contributed by atoms with Crippen molar-refractivity contribution in [2.75, 3.05) is 0 Å². The Morgan fingerprint density at radius 3 is 2.80 bits per heavy atom. The molecule has 1 aromatic heterocycles. The van der Waals surface area contributed by atoms with E-state index in [1.165, 1.54) is 11.3 Å². The van der Waals surface area contributed by atoms with Crippen LogP contribution < -0.4 is 0 Å².